The Morgan fingerprint density at radius 1 is 1.39 bits per heavy atom. The van der Waals surface area contributed by atoms with E-state index in [0.29, 0.717) is 11.5 Å². The van der Waals surface area contributed by atoms with Gasteiger partial charge in [-0.2, -0.15) is 5.10 Å². The molecule has 1 aliphatic carbocycles. The molecule has 1 atom stereocenters. The summed E-state index contributed by atoms with van der Waals surface area (Å²) < 4.78 is 1.92. The minimum Gasteiger partial charge on any atom is -0.310 e. The summed E-state index contributed by atoms with van der Waals surface area (Å²) in [5.41, 5.74) is 0.365. The quantitative estimate of drug-likeness (QED) is 0.873. The van der Waals surface area contributed by atoms with Gasteiger partial charge >= 0.3 is 0 Å². The second-order valence-electron chi connectivity index (χ2n) is 6.13. The molecule has 2 rings (SSSR count). The lowest BCUT2D eigenvalue weighted by Gasteiger charge is -2.38. The SMILES string of the molecule is CNC(c1ncnn1C)C1(CC(C)C)CCCC1. The van der Waals surface area contributed by atoms with Gasteiger partial charge in [-0.15, -0.1) is 0 Å². The zero-order valence-corrected chi connectivity index (χ0v) is 12.1. The van der Waals surface area contributed by atoms with E-state index in [-0.39, 0.29) is 0 Å². The summed E-state index contributed by atoms with van der Waals surface area (Å²) in [4.78, 5) is 4.47. The zero-order chi connectivity index (χ0) is 13.2. The Balaban J connectivity index is 2.31. The number of nitrogens with zero attached hydrogens (tertiary/aromatic N) is 3. The summed E-state index contributed by atoms with van der Waals surface area (Å²) in [6.45, 7) is 4.65. The Morgan fingerprint density at radius 3 is 2.50 bits per heavy atom. The number of hydrogen-bond acceptors (Lipinski definition) is 3. The number of aryl methyl sites for hydroxylation is 1. The first-order valence-electron chi connectivity index (χ1n) is 7.10. The molecule has 0 spiro atoms. The molecular formula is C14H26N4. The predicted octanol–water partition coefficient (Wildman–Crippen LogP) is 2.68. The van der Waals surface area contributed by atoms with E-state index in [1.54, 1.807) is 6.33 Å². The van der Waals surface area contributed by atoms with Crippen molar-refractivity contribution in [1.82, 2.24) is 20.1 Å². The number of aromatic nitrogens is 3. The van der Waals surface area contributed by atoms with Crippen LogP contribution < -0.4 is 5.32 Å². The van der Waals surface area contributed by atoms with Gasteiger partial charge in [0.1, 0.15) is 12.2 Å². The van der Waals surface area contributed by atoms with Crippen LogP contribution in [0.25, 0.3) is 0 Å². The molecule has 1 aromatic rings. The van der Waals surface area contributed by atoms with E-state index in [4.69, 9.17) is 0 Å². The normalized spacial score (nSPS) is 20.5. The largest absolute Gasteiger partial charge is 0.310 e. The Hall–Kier alpha value is -0.900. The molecule has 18 heavy (non-hydrogen) atoms. The summed E-state index contributed by atoms with van der Waals surface area (Å²) in [5, 5.41) is 7.74. The van der Waals surface area contributed by atoms with Gasteiger partial charge in [-0.1, -0.05) is 26.7 Å². The van der Waals surface area contributed by atoms with Crippen LogP contribution in [-0.4, -0.2) is 21.8 Å². The van der Waals surface area contributed by atoms with Gasteiger partial charge in [0.25, 0.3) is 0 Å². The summed E-state index contributed by atoms with van der Waals surface area (Å²) >= 11 is 0. The molecule has 4 heteroatoms. The second kappa shape index (κ2) is 5.39. The second-order valence-corrected chi connectivity index (χ2v) is 6.13. The van der Waals surface area contributed by atoms with Crippen LogP contribution in [0.4, 0.5) is 0 Å². The highest BCUT2D eigenvalue weighted by atomic mass is 15.3. The molecule has 1 saturated carbocycles. The zero-order valence-electron chi connectivity index (χ0n) is 12.1. The summed E-state index contributed by atoms with van der Waals surface area (Å²) in [5.74, 6) is 1.81. The van der Waals surface area contributed by atoms with Crippen molar-refractivity contribution in [3.63, 3.8) is 0 Å². The lowest BCUT2D eigenvalue weighted by Crippen LogP contribution is -2.37. The van der Waals surface area contributed by atoms with Crippen molar-refractivity contribution >= 4 is 0 Å². The molecular weight excluding hydrogens is 224 g/mol. The van der Waals surface area contributed by atoms with Crippen molar-refractivity contribution in [2.24, 2.45) is 18.4 Å². The van der Waals surface area contributed by atoms with Crippen molar-refractivity contribution in [2.75, 3.05) is 7.05 Å². The highest BCUT2D eigenvalue weighted by Gasteiger charge is 2.43. The van der Waals surface area contributed by atoms with Crippen LogP contribution in [0.3, 0.4) is 0 Å². The molecule has 1 heterocycles. The van der Waals surface area contributed by atoms with Crippen LogP contribution in [0.5, 0.6) is 0 Å². The van der Waals surface area contributed by atoms with Crippen LogP contribution >= 0.6 is 0 Å². The first-order valence-corrected chi connectivity index (χ1v) is 7.10. The third-order valence-corrected chi connectivity index (χ3v) is 4.32. The molecule has 1 aromatic heterocycles. The maximum atomic E-state index is 4.47. The van der Waals surface area contributed by atoms with Crippen molar-refractivity contribution < 1.29 is 0 Å². The standard InChI is InChI=1S/C14H26N4/c1-11(2)9-14(7-5-6-8-14)12(15-3)13-16-10-17-18(13)4/h10-12,15H,5-9H2,1-4H3. The Bertz CT molecular complexity index is 377. The molecule has 102 valence electrons. The van der Waals surface area contributed by atoms with E-state index in [0.717, 1.165) is 11.7 Å². The molecule has 4 nitrogen and oxygen atoms in total. The van der Waals surface area contributed by atoms with Gasteiger partial charge in [0.05, 0.1) is 6.04 Å². The van der Waals surface area contributed by atoms with E-state index in [9.17, 15) is 0 Å². The molecule has 1 N–H and O–H groups in total. The molecule has 0 radical (unpaired) electrons. The van der Waals surface area contributed by atoms with Gasteiger partial charge in [-0.05, 0) is 37.6 Å². The van der Waals surface area contributed by atoms with Gasteiger partial charge in [-0.25, -0.2) is 4.98 Å². The first-order chi connectivity index (χ1) is 8.59. The fourth-order valence-electron chi connectivity index (χ4n) is 3.78. The van der Waals surface area contributed by atoms with E-state index in [1.165, 1.54) is 32.1 Å². The lowest BCUT2D eigenvalue weighted by atomic mass is 9.72. The summed E-state index contributed by atoms with van der Waals surface area (Å²) in [6, 6.07) is 0.329. The maximum Gasteiger partial charge on any atom is 0.144 e. The van der Waals surface area contributed by atoms with Crippen molar-refractivity contribution in [3.05, 3.63) is 12.2 Å². The van der Waals surface area contributed by atoms with E-state index in [2.05, 4.69) is 36.3 Å². The highest BCUT2D eigenvalue weighted by molar-refractivity contribution is 5.05. The van der Waals surface area contributed by atoms with E-state index in [1.807, 2.05) is 11.7 Å². The predicted molar refractivity (Wildman–Crippen MR) is 73.2 cm³/mol. The fraction of sp³-hybridized carbons (Fsp3) is 0.857. The van der Waals surface area contributed by atoms with Crippen LogP contribution in [-0.2, 0) is 7.05 Å². The van der Waals surface area contributed by atoms with Crippen molar-refractivity contribution in [1.29, 1.82) is 0 Å². The lowest BCUT2D eigenvalue weighted by molar-refractivity contribution is 0.152. The van der Waals surface area contributed by atoms with Gasteiger partial charge in [0.15, 0.2) is 0 Å². The topological polar surface area (TPSA) is 42.7 Å². The third-order valence-electron chi connectivity index (χ3n) is 4.32. The van der Waals surface area contributed by atoms with E-state index < -0.39 is 0 Å². The van der Waals surface area contributed by atoms with Crippen molar-refractivity contribution in [2.45, 2.75) is 52.0 Å². The average molecular weight is 250 g/mol. The molecule has 0 aromatic carbocycles. The van der Waals surface area contributed by atoms with Gasteiger partial charge in [0.2, 0.25) is 0 Å². The van der Waals surface area contributed by atoms with Crippen molar-refractivity contribution in [3.8, 4) is 0 Å². The molecule has 0 amide bonds. The number of rotatable bonds is 5. The van der Waals surface area contributed by atoms with Crippen LogP contribution in [0.1, 0.15) is 57.8 Å². The monoisotopic (exact) mass is 250 g/mol. The average Bonchev–Trinajstić information content (AvgIpc) is 2.90. The third kappa shape index (κ3) is 2.44. The summed E-state index contributed by atoms with van der Waals surface area (Å²) in [7, 11) is 4.05. The highest BCUT2D eigenvalue weighted by Crippen LogP contribution is 2.51. The Kier molecular flexibility index (Phi) is 4.05. The van der Waals surface area contributed by atoms with Gasteiger partial charge < -0.3 is 5.32 Å². The molecule has 1 aliphatic rings. The van der Waals surface area contributed by atoms with E-state index >= 15 is 0 Å². The number of nitrogens with one attached hydrogen (secondary N) is 1. The Labute approximate surface area is 110 Å². The molecule has 0 bridgehead atoms. The first kappa shape index (κ1) is 13.5. The van der Waals surface area contributed by atoms with Crippen LogP contribution in [0.15, 0.2) is 6.33 Å². The Morgan fingerprint density at radius 2 is 2.06 bits per heavy atom. The minimum absolute atomic E-state index is 0.329. The van der Waals surface area contributed by atoms with Crippen LogP contribution in [0, 0.1) is 11.3 Å². The van der Waals surface area contributed by atoms with Crippen LogP contribution in [0.2, 0.25) is 0 Å². The molecule has 0 aliphatic heterocycles. The summed E-state index contributed by atoms with van der Waals surface area (Å²) in [6.07, 6.45) is 8.25. The molecule has 1 unspecified atom stereocenters. The van der Waals surface area contributed by atoms with Gasteiger partial charge in [0, 0.05) is 7.05 Å². The van der Waals surface area contributed by atoms with Gasteiger partial charge in [-0.3, -0.25) is 4.68 Å². The fourth-order valence-corrected chi connectivity index (χ4v) is 3.78. The molecule has 0 saturated heterocycles. The minimum atomic E-state index is 0.329. The molecule has 1 fully saturated rings. The smallest absolute Gasteiger partial charge is 0.144 e. The maximum absolute atomic E-state index is 4.47. The number of hydrogen-bond donors (Lipinski definition) is 1.